The maximum atomic E-state index is 13.5. The number of urea groups is 1. The van der Waals surface area contributed by atoms with Crippen molar-refractivity contribution in [3.8, 4) is 0 Å². The minimum absolute atomic E-state index is 0.00818. The van der Waals surface area contributed by atoms with Crippen molar-refractivity contribution in [2.24, 2.45) is 5.73 Å². The summed E-state index contributed by atoms with van der Waals surface area (Å²) in [6.45, 7) is 5.88. The summed E-state index contributed by atoms with van der Waals surface area (Å²) in [4.78, 5) is 92.9. The molecule has 17 nitrogen and oxygen atoms in total. The summed E-state index contributed by atoms with van der Waals surface area (Å²) >= 11 is 0. The normalized spacial score (nSPS) is 21.9. The molecular formula is C45H47N11O6. The number of aryl methyl sites for hydroxylation is 2. The Labute approximate surface area is 357 Å². The van der Waals surface area contributed by atoms with Gasteiger partial charge in [-0.1, -0.05) is 36.4 Å². The average molecular weight is 838 g/mol. The number of nitrogens with zero attached hydrogens (tertiary/aromatic N) is 9. The number of para-hydroxylation sites is 1. The Kier molecular flexibility index (Phi) is 10.1. The predicted molar refractivity (Wildman–Crippen MR) is 227 cm³/mol. The van der Waals surface area contributed by atoms with Gasteiger partial charge in [0.05, 0.1) is 22.9 Å². The molecule has 7 heterocycles. The van der Waals surface area contributed by atoms with E-state index < -0.39 is 35.6 Å². The summed E-state index contributed by atoms with van der Waals surface area (Å²) in [5.74, 6) is -2.25. The number of hydrogen-bond donors (Lipinski definition) is 2. The molecule has 0 spiro atoms. The lowest BCUT2D eigenvalue weighted by molar-refractivity contribution is -0.136. The van der Waals surface area contributed by atoms with Crippen LogP contribution in [0.1, 0.15) is 79.3 Å². The van der Waals surface area contributed by atoms with E-state index in [1.807, 2.05) is 46.2 Å². The first kappa shape index (κ1) is 39.4. The molecule has 62 heavy (non-hydrogen) atoms. The molecule has 17 heteroatoms. The molecule has 318 valence electrons. The molecule has 4 aromatic rings. The lowest BCUT2D eigenvalue weighted by Crippen LogP contribution is -2.60. The Balaban J connectivity index is 0.747. The third-order valence-corrected chi connectivity index (χ3v) is 13.3. The number of carbonyl (C=O) groups excluding carboxylic acids is 6. The molecule has 1 aromatic heterocycles. The van der Waals surface area contributed by atoms with Crippen molar-refractivity contribution in [2.45, 2.75) is 69.6 Å². The number of anilines is 3. The zero-order valence-corrected chi connectivity index (χ0v) is 34.2. The number of primary amides is 1. The first-order chi connectivity index (χ1) is 30.1. The van der Waals surface area contributed by atoms with Crippen LogP contribution in [-0.4, -0.2) is 129 Å². The van der Waals surface area contributed by atoms with Crippen LogP contribution in [0.4, 0.5) is 22.1 Å². The molecule has 0 bridgehead atoms. The zero-order valence-electron chi connectivity index (χ0n) is 34.2. The van der Waals surface area contributed by atoms with Crippen molar-refractivity contribution < 1.29 is 28.8 Å². The van der Waals surface area contributed by atoms with Gasteiger partial charge in [-0.3, -0.25) is 44.0 Å². The number of imide groups is 2. The first-order valence-corrected chi connectivity index (χ1v) is 21.5. The summed E-state index contributed by atoms with van der Waals surface area (Å²) in [6.07, 6.45) is 3.97. The summed E-state index contributed by atoms with van der Waals surface area (Å²) < 4.78 is 0. The number of hydrogen-bond acceptors (Lipinski definition) is 12. The molecule has 4 fully saturated rings. The standard InChI is InChI=1S/C45H47N11O6/c46-40(58)39-36(47-44(50-49-39)52-17-4-7-32(24-52)55-20-19-54(45(55)62)30-5-2-1-3-6-30)13-9-27-8-10-29-23-51(18-16-28(29)21-27)33-25-53(26-33)31-11-12-34-35(22-31)43(61)56(42(34)60)37-14-15-38(57)48-41(37)59/h1-3,5-6,8,10-12,21-22,32-33,37H,4,7,9,13-20,23-26H2,(H2,46,58)(H,48,57,59). The van der Waals surface area contributed by atoms with Gasteiger partial charge in [0.15, 0.2) is 5.69 Å². The summed E-state index contributed by atoms with van der Waals surface area (Å²) in [5, 5.41) is 10.8. The number of carbonyl (C=O) groups is 6. The van der Waals surface area contributed by atoms with Crippen molar-refractivity contribution in [3.63, 3.8) is 0 Å². The summed E-state index contributed by atoms with van der Waals surface area (Å²) in [6, 6.07) is 20.9. The van der Waals surface area contributed by atoms with Crippen LogP contribution < -0.4 is 25.8 Å². The van der Waals surface area contributed by atoms with Crippen LogP contribution in [0.25, 0.3) is 0 Å². The fourth-order valence-corrected chi connectivity index (χ4v) is 9.89. The third-order valence-electron chi connectivity index (χ3n) is 13.3. The van der Waals surface area contributed by atoms with Crippen LogP contribution >= 0.6 is 0 Å². The SMILES string of the molecule is NC(=O)c1nnc(N2CCCC(N3CCN(c4ccccc4)C3=O)C2)nc1CCc1ccc2c(c1)CCN(C1CN(c3ccc4c(c3)C(=O)N(C3CCC(=O)NC3=O)C4=O)C1)C2. The van der Waals surface area contributed by atoms with Gasteiger partial charge in [-0.25, -0.2) is 9.78 Å². The number of fused-ring (bicyclic) bond motifs is 2. The van der Waals surface area contributed by atoms with Crippen LogP contribution in [0.2, 0.25) is 0 Å². The zero-order chi connectivity index (χ0) is 42.6. The Bertz CT molecular complexity index is 2510. The fraction of sp³-hybridized carbons (Fsp3) is 0.400. The number of nitrogens with two attached hydrogens (primary N) is 1. The fourth-order valence-electron chi connectivity index (χ4n) is 9.89. The van der Waals surface area contributed by atoms with Gasteiger partial charge in [0.2, 0.25) is 17.8 Å². The molecule has 10 rings (SSSR count). The Morgan fingerprint density at radius 1 is 0.742 bits per heavy atom. The molecule has 7 amide bonds. The Morgan fingerprint density at radius 3 is 2.35 bits per heavy atom. The van der Waals surface area contributed by atoms with Gasteiger partial charge in [-0.2, -0.15) is 0 Å². The second-order valence-corrected chi connectivity index (χ2v) is 17.0. The monoisotopic (exact) mass is 837 g/mol. The highest BCUT2D eigenvalue weighted by Crippen LogP contribution is 2.34. The van der Waals surface area contributed by atoms with Crippen LogP contribution in [0.3, 0.4) is 0 Å². The molecule has 6 aliphatic rings. The largest absolute Gasteiger partial charge is 0.368 e. The molecule has 2 atom stereocenters. The van der Waals surface area contributed by atoms with Crippen LogP contribution in [0.5, 0.6) is 0 Å². The number of nitrogens with one attached hydrogen (secondary N) is 1. The highest BCUT2D eigenvalue weighted by Gasteiger charge is 2.45. The molecule has 0 saturated carbocycles. The van der Waals surface area contributed by atoms with Crippen molar-refractivity contribution in [1.82, 2.24) is 35.2 Å². The van der Waals surface area contributed by atoms with Crippen molar-refractivity contribution in [1.29, 1.82) is 0 Å². The first-order valence-electron chi connectivity index (χ1n) is 21.5. The van der Waals surface area contributed by atoms with E-state index in [2.05, 4.69) is 48.4 Å². The van der Waals surface area contributed by atoms with Gasteiger partial charge < -0.3 is 20.4 Å². The van der Waals surface area contributed by atoms with Gasteiger partial charge in [-0.15, -0.1) is 10.2 Å². The predicted octanol–water partition coefficient (Wildman–Crippen LogP) is 2.31. The van der Waals surface area contributed by atoms with E-state index >= 15 is 0 Å². The molecule has 6 aliphatic heterocycles. The summed E-state index contributed by atoms with van der Waals surface area (Å²) in [5.41, 5.74) is 12.4. The minimum Gasteiger partial charge on any atom is -0.368 e. The van der Waals surface area contributed by atoms with Crippen LogP contribution in [0, 0.1) is 0 Å². The average Bonchev–Trinajstić information content (AvgIpc) is 3.77. The topological polar surface area (TPSA) is 199 Å². The van der Waals surface area contributed by atoms with E-state index in [1.54, 1.807) is 12.1 Å². The van der Waals surface area contributed by atoms with E-state index in [0.717, 1.165) is 73.8 Å². The number of aromatic nitrogens is 3. The quantitative estimate of drug-likeness (QED) is 0.222. The van der Waals surface area contributed by atoms with Crippen molar-refractivity contribution >= 4 is 52.9 Å². The molecule has 4 saturated heterocycles. The van der Waals surface area contributed by atoms with Gasteiger partial charge in [0.1, 0.15) is 6.04 Å². The van der Waals surface area contributed by atoms with E-state index in [9.17, 15) is 28.8 Å². The Morgan fingerprint density at radius 2 is 1.55 bits per heavy atom. The molecular weight excluding hydrogens is 791 g/mol. The number of piperidine rings is 2. The molecule has 0 radical (unpaired) electrons. The number of rotatable bonds is 10. The maximum absolute atomic E-state index is 13.5. The maximum Gasteiger partial charge on any atom is 0.324 e. The van der Waals surface area contributed by atoms with Crippen LogP contribution in [-0.2, 0) is 35.4 Å². The number of amides is 7. The molecule has 3 aromatic carbocycles. The second-order valence-electron chi connectivity index (χ2n) is 17.0. The van der Waals surface area contributed by atoms with Gasteiger partial charge in [0.25, 0.3) is 17.7 Å². The van der Waals surface area contributed by atoms with E-state index in [4.69, 9.17) is 10.7 Å². The van der Waals surface area contributed by atoms with Crippen molar-refractivity contribution in [2.75, 3.05) is 60.5 Å². The van der Waals surface area contributed by atoms with E-state index in [-0.39, 0.29) is 41.7 Å². The summed E-state index contributed by atoms with van der Waals surface area (Å²) in [7, 11) is 0. The second kappa shape index (κ2) is 15.9. The van der Waals surface area contributed by atoms with Crippen LogP contribution in [0.15, 0.2) is 66.7 Å². The number of benzene rings is 3. The molecule has 2 unspecified atom stereocenters. The Hall–Kier alpha value is -6.75. The smallest absolute Gasteiger partial charge is 0.324 e. The lowest BCUT2D eigenvalue weighted by atomic mass is 9.93. The van der Waals surface area contributed by atoms with E-state index in [1.165, 1.54) is 11.1 Å². The van der Waals surface area contributed by atoms with Crippen molar-refractivity contribution in [3.05, 3.63) is 106 Å². The third kappa shape index (κ3) is 7.18. The minimum atomic E-state index is -0.990. The highest BCUT2D eigenvalue weighted by molar-refractivity contribution is 6.23. The van der Waals surface area contributed by atoms with Gasteiger partial charge >= 0.3 is 6.03 Å². The highest BCUT2D eigenvalue weighted by atomic mass is 16.2. The van der Waals surface area contributed by atoms with Gasteiger partial charge in [0, 0.05) is 76.2 Å². The molecule has 0 aliphatic carbocycles. The van der Waals surface area contributed by atoms with E-state index in [0.29, 0.717) is 50.2 Å². The molecule has 3 N–H and O–H groups in total. The van der Waals surface area contributed by atoms with Gasteiger partial charge in [-0.05, 0) is 85.5 Å². The lowest BCUT2D eigenvalue weighted by Gasteiger charge is -2.48.